The summed E-state index contributed by atoms with van der Waals surface area (Å²) in [5, 5.41) is 5.31. The molecule has 1 fully saturated rings. The van der Waals surface area contributed by atoms with E-state index in [1.807, 2.05) is 0 Å². The van der Waals surface area contributed by atoms with Crippen molar-refractivity contribution < 1.29 is 8.42 Å². The maximum absolute atomic E-state index is 12.3. The number of nitrogens with zero attached hydrogens (tertiary/aromatic N) is 5. The molecule has 0 amide bonds. The quantitative estimate of drug-likeness (QED) is 0.633. The number of rotatable bonds is 6. The van der Waals surface area contributed by atoms with Crippen LogP contribution < -0.4 is 9.62 Å². The first-order chi connectivity index (χ1) is 13.5. The minimum atomic E-state index is -3.57. The molecule has 4 heterocycles. The number of hydrogen-bond acceptors (Lipinski definition) is 7. The highest BCUT2D eigenvalue weighted by Crippen LogP contribution is 2.26. The third kappa shape index (κ3) is 4.14. The summed E-state index contributed by atoms with van der Waals surface area (Å²) in [6.45, 7) is 2.55. The molecule has 11 heteroatoms. The van der Waals surface area contributed by atoms with Crippen LogP contribution in [0.3, 0.4) is 0 Å². The number of nitrogens with one attached hydrogen (secondary N) is 1. The number of fused-ring (bicyclic) bond motifs is 1. The fourth-order valence-corrected chi connectivity index (χ4v) is 5.93. The van der Waals surface area contributed by atoms with Gasteiger partial charge in [0.15, 0.2) is 5.65 Å². The Balaban J connectivity index is 1.48. The van der Waals surface area contributed by atoms with Gasteiger partial charge in [0.05, 0.1) is 22.5 Å². The van der Waals surface area contributed by atoms with Gasteiger partial charge in [0.25, 0.3) is 0 Å². The molecule has 0 aromatic carbocycles. The van der Waals surface area contributed by atoms with Crippen molar-refractivity contribution in [2.75, 3.05) is 24.5 Å². The molecule has 3 aromatic rings. The molecule has 150 valence electrons. The van der Waals surface area contributed by atoms with Crippen molar-refractivity contribution in [3.05, 3.63) is 29.0 Å². The Hall–Kier alpha value is -1.75. The normalized spacial score (nSPS) is 15.8. The van der Waals surface area contributed by atoms with Gasteiger partial charge in [0, 0.05) is 19.6 Å². The third-order valence-corrected chi connectivity index (χ3v) is 7.93. The summed E-state index contributed by atoms with van der Waals surface area (Å²) < 4.78 is 29.6. The summed E-state index contributed by atoms with van der Waals surface area (Å²) in [5.41, 5.74) is 0.715. The lowest BCUT2D eigenvalue weighted by atomic mass is 10.2. The number of sulfonamides is 1. The number of halogens is 1. The Labute approximate surface area is 172 Å². The zero-order valence-electron chi connectivity index (χ0n) is 15.2. The van der Waals surface area contributed by atoms with E-state index in [-0.39, 0.29) is 10.8 Å². The average Bonchev–Trinajstić information content (AvgIpc) is 3.20. The number of thiophene rings is 1. The van der Waals surface area contributed by atoms with E-state index in [2.05, 4.69) is 24.7 Å². The molecule has 0 unspecified atom stereocenters. The molecule has 8 nitrogen and oxygen atoms in total. The van der Waals surface area contributed by atoms with E-state index in [0.717, 1.165) is 48.5 Å². The standard InChI is InChI=1S/C17H21ClN6O2S2/c18-14-5-6-15(27-14)28(25,26)22-7-10-24-17-13(11-21-24)16(19-12-20-17)23-8-3-1-2-4-9-23/h5-6,11-12,22H,1-4,7-10H2. The summed E-state index contributed by atoms with van der Waals surface area (Å²) in [5.74, 6) is 0.909. The molecule has 0 spiro atoms. The Morgan fingerprint density at radius 3 is 2.64 bits per heavy atom. The molecule has 4 rings (SSSR count). The van der Waals surface area contributed by atoms with Crippen molar-refractivity contribution in [2.45, 2.75) is 36.4 Å². The van der Waals surface area contributed by atoms with Crippen LogP contribution in [0.15, 0.2) is 28.9 Å². The van der Waals surface area contributed by atoms with Crippen molar-refractivity contribution >= 4 is 49.8 Å². The zero-order chi connectivity index (χ0) is 19.6. The Morgan fingerprint density at radius 2 is 1.93 bits per heavy atom. The highest BCUT2D eigenvalue weighted by molar-refractivity contribution is 7.91. The molecule has 0 saturated carbocycles. The van der Waals surface area contributed by atoms with Gasteiger partial charge in [0.2, 0.25) is 10.0 Å². The molecule has 1 N–H and O–H groups in total. The maximum Gasteiger partial charge on any atom is 0.250 e. The van der Waals surface area contributed by atoms with E-state index in [1.165, 1.54) is 18.9 Å². The zero-order valence-corrected chi connectivity index (χ0v) is 17.6. The maximum atomic E-state index is 12.3. The van der Waals surface area contributed by atoms with Gasteiger partial charge in [-0.1, -0.05) is 24.4 Å². The topological polar surface area (TPSA) is 93.0 Å². The Morgan fingerprint density at radius 1 is 1.14 bits per heavy atom. The predicted octanol–water partition coefficient (Wildman–Crippen LogP) is 2.90. The van der Waals surface area contributed by atoms with Crippen molar-refractivity contribution in [2.24, 2.45) is 0 Å². The summed E-state index contributed by atoms with van der Waals surface area (Å²) in [7, 11) is -3.57. The van der Waals surface area contributed by atoms with Crippen LogP contribution in [0.5, 0.6) is 0 Å². The SMILES string of the molecule is O=S(=O)(NCCn1ncc2c(N3CCCCCC3)ncnc21)c1ccc(Cl)s1. The first-order valence-corrected chi connectivity index (χ1v) is 11.9. The van der Waals surface area contributed by atoms with Gasteiger partial charge >= 0.3 is 0 Å². The van der Waals surface area contributed by atoms with Crippen molar-refractivity contribution in [1.82, 2.24) is 24.5 Å². The van der Waals surface area contributed by atoms with Crippen LogP contribution in [0.4, 0.5) is 5.82 Å². The fourth-order valence-electron chi connectivity index (χ4n) is 3.38. The predicted molar refractivity (Wildman–Crippen MR) is 111 cm³/mol. The molecular formula is C17H21ClN6O2S2. The van der Waals surface area contributed by atoms with E-state index in [1.54, 1.807) is 23.3 Å². The molecule has 0 radical (unpaired) electrons. The molecule has 3 aromatic heterocycles. The largest absolute Gasteiger partial charge is 0.356 e. The van der Waals surface area contributed by atoms with Crippen LogP contribution in [-0.4, -0.2) is 47.8 Å². The molecule has 0 aliphatic carbocycles. The molecular weight excluding hydrogens is 420 g/mol. The van der Waals surface area contributed by atoms with Crippen LogP contribution in [0.2, 0.25) is 4.34 Å². The Kier molecular flexibility index (Phi) is 5.81. The summed E-state index contributed by atoms with van der Waals surface area (Å²) in [6, 6.07) is 3.07. The average molecular weight is 441 g/mol. The van der Waals surface area contributed by atoms with E-state index >= 15 is 0 Å². The van der Waals surface area contributed by atoms with Gasteiger partial charge in [-0.15, -0.1) is 11.3 Å². The van der Waals surface area contributed by atoms with Crippen LogP contribution >= 0.6 is 22.9 Å². The summed E-state index contributed by atoms with van der Waals surface area (Å²) in [4.78, 5) is 11.2. The van der Waals surface area contributed by atoms with Crippen molar-refractivity contribution in [3.63, 3.8) is 0 Å². The third-order valence-electron chi connectivity index (χ3n) is 4.75. The second-order valence-corrected chi connectivity index (χ2v) is 10.4. The summed E-state index contributed by atoms with van der Waals surface area (Å²) in [6.07, 6.45) is 8.14. The lowest BCUT2D eigenvalue weighted by Gasteiger charge is -2.21. The van der Waals surface area contributed by atoms with Crippen molar-refractivity contribution in [1.29, 1.82) is 0 Å². The second kappa shape index (κ2) is 8.32. The molecule has 1 aliphatic rings. The number of anilines is 1. The van der Waals surface area contributed by atoms with Gasteiger partial charge < -0.3 is 4.90 Å². The molecule has 0 atom stereocenters. The summed E-state index contributed by atoms with van der Waals surface area (Å²) >= 11 is 6.86. The van der Waals surface area contributed by atoms with Crippen LogP contribution in [-0.2, 0) is 16.6 Å². The van der Waals surface area contributed by atoms with Gasteiger partial charge in [0.1, 0.15) is 16.4 Å². The van der Waals surface area contributed by atoms with Gasteiger partial charge in [-0.25, -0.2) is 27.8 Å². The lowest BCUT2D eigenvalue weighted by molar-refractivity contribution is 0.566. The van der Waals surface area contributed by atoms with E-state index < -0.39 is 10.0 Å². The minimum Gasteiger partial charge on any atom is -0.356 e. The minimum absolute atomic E-state index is 0.202. The monoisotopic (exact) mass is 440 g/mol. The highest BCUT2D eigenvalue weighted by atomic mass is 35.5. The van der Waals surface area contributed by atoms with E-state index in [4.69, 9.17) is 11.6 Å². The van der Waals surface area contributed by atoms with Crippen LogP contribution in [0, 0.1) is 0 Å². The van der Waals surface area contributed by atoms with E-state index in [9.17, 15) is 8.42 Å². The number of hydrogen-bond donors (Lipinski definition) is 1. The molecule has 0 bridgehead atoms. The van der Waals surface area contributed by atoms with Crippen molar-refractivity contribution in [3.8, 4) is 0 Å². The smallest absolute Gasteiger partial charge is 0.250 e. The molecule has 1 saturated heterocycles. The Bertz CT molecular complexity index is 1060. The fraction of sp³-hybridized carbons (Fsp3) is 0.471. The number of aromatic nitrogens is 4. The first kappa shape index (κ1) is 19.6. The molecule has 28 heavy (non-hydrogen) atoms. The first-order valence-electron chi connectivity index (χ1n) is 9.21. The van der Waals surface area contributed by atoms with Gasteiger partial charge in [-0.05, 0) is 25.0 Å². The lowest BCUT2D eigenvalue weighted by Crippen LogP contribution is -2.27. The van der Waals surface area contributed by atoms with Crippen LogP contribution in [0.25, 0.3) is 11.0 Å². The van der Waals surface area contributed by atoms with E-state index in [0.29, 0.717) is 16.5 Å². The molecule has 1 aliphatic heterocycles. The highest BCUT2D eigenvalue weighted by Gasteiger charge is 2.18. The second-order valence-electron chi connectivity index (χ2n) is 6.66. The van der Waals surface area contributed by atoms with Crippen LogP contribution in [0.1, 0.15) is 25.7 Å². The van der Waals surface area contributed by atoms with Gasteiger partial charge in [-0.2, -0.15) is 5.10 Å². The van der Waals surface area contributed by atoms with Gasteiger partial charge in [-0.3, -0.25) is 0 Å².